The molecule has 0 saturated carbocycles. The summed E-state index contributed by atoms with van der Waals surface area (Å²) in [6.45, 7) is 8.20. The standard InChI is InChI=1S/C12H19OP/c1-10(2)14(13,11(3)4)12-8-6-5-7-9-12/h5-11H,1-4H3. The first-order chi connectivity index (χ1) is 6.49. The highest BCUT2D eigenvalue weighted by atomic mass is 31.2. The summed E-state index contributed by atoms with van der Waals surface area (Å²) < 4.78 is 12.8. The molecule has 0 bridgehead atoms. The van der Waals surface area contributed by atoms with E-state index in [1.54, 1.807) is 0 Å². The molecule has 0 unspecified atom stereocenters. The van der Waals surface area contributed by atoms with Crippen LogP contribution in [0.5, 0.6) is 0 Å². The van der Waals surface area contributed by atoms with E-state index < -0.39 is 7.14 Å². The molecule has 1 aromatic carbocycles. The molecular formula is C12H19OP. The second-order valence-corrected chi connectivity index (χ2v) is 8.23. The molecule has 0 aliphatic heterocycles. The summed E-state index contributed by atoms with van der Waals surface area (Å²) in [6, 6.07) is 9.87. The third-order valence-corrected chi connectivity index (χ3v) is 6.87. The molecule has 0 aliphatic carbocycles. The summed E-state index contributed by atoms with van der Waals surface area (Å²) in [5.74, 6) is 0. The molecule has 0 fully saturated rings. The Balaban J connectivity index is 3.21. The molecule has 1 nitrogen and oxygen atoms in total. The lowest BCUT2D eigenvalue weighted by Crippen LogP contribution is -2.19. The van der Waals surface area contributed by atoms with Crippen LogP contribution in [0.1, 0.15) is 27.7 Å². The van der Waals surface area contributed by atoms with Crippen LogP contribution in [-0.2, 0) is 4.57 Å². The minimum Gasteiger partial charge on any atom is -0.318 e. The Morgan fingerprint density at radius 3 is 1.71 bits per heavy atom. The van der Waals surface area contributed by atoms with Crippen molar-refractivity contribution in [3.05, 3.63) is 30.3 Å². The summed E-state index contributed by atoms with van der Waals surface area (Å²) >= 11 is 0. The van der Waals surface area contributed by atoms with Crippen LogP contribution in [0.15, 0.2) is 30.3 Å². The van der Waals surface area contributed by atoms with E-state index in [4.69, 9.17) is 0 Å². The predicted octanol–water partition coefficient (Wildman–Crippen LogP) is 3.49. The van der Waals surface area contributed by atoms with Crippen LogP contribution in [0.4, 0.5) is 0 Å². The SMILES string of the molecule is CC(C)P(=O)(c1ccccc1)C(C)C. The van der Waals surface area contributed by atoms with Crippen molar-refractivity contribution in [1.82, 2.24) is 0 Å². The molecule has 0 aliphatic rings. The Morgan fingerprint density at radius 1 is 0.929 bits per heavy atom. The van der Waals surface area contributed by atoms with Crippen molar-refractivity contribution in [2.24, 2.45) is 0 Å². The minimum absolute atomic E-state index is 0.227. The number of benzene rings is 1. The zero-order chi connectivity index (χ0) is 10.8. The number of hydrogen-bond donors (Lipinski definition) is 0. The first-order valence-electron chi connectivity index (χ1n) is 5.14. The van der Waals surface area contributed by atoms with Crippen LogP contribution in [0.25, 0.3) is 0 Å². The molecule has 0 heterocycles. The zero-order valence-corrected chi connectivity index (χ0v) is 10.3. The van der Waals surface area contributed by atoms with Gasteiger partial charge in [0.1, 0.15) is 7.14 Å². The maximum absolute atomic E-state index is 12.8. The normalized spacial score (nSPS) is 12.4. The maximum atomic E-state index is 12.8. The highest BCUT2D eigenvalue weighted by Gasteiger charge is 2.31. The molecule has 0 saturated heterocycles. The van der Waals surface area contributed by atoms with Gasteiger partial charge >= 0.3 is 0 Å². The van der Waals surface area contributed by atoms with Crippen LogP contribution < -0.4 is 5.30 Å². The van der Waals surface area contributed by atoms with E-state index in [9.17, 15) is 4.57 Å². The van der Waals surface area contributed by atoms with E-state index in [0.717, 1.165) is 5.30 Å². The van der Waals surface area contributed by atoms with Crippen molar-refractivity contribution < 1.29 is 4.57 Å². The monoisotopic (exact) mass is 210 g/mol. The molecule has 0 N–H and O–H groups in total. The van der Waals surface area contributed by atoms with E-state index in [1.807, 2.05) is 58.0 Å². The van der Waals surface area contributed by atoms with Gasteiger partial charge in [0.25, 0.3) is 0 Å². The second-order valence-electron chi connectivity index (χ2n) is 4.23. The summed E-state index contributed by atoms with van der Waals surface area (Å²) in [7, 11) is -2.22. The third-order valence-electron chi connectivity index (χ3n) is 2.69. The fourth-order valence-electron chi connectivity index (χ4n) is 1.85. The molecule has 0 atom stereocenters. The quantitative estimate of drug-likeness (QED) is 0.698. The topological polar surface area (TPSA) is 17.1 Å². The average molecular weight is 210 g/mol. The van der Waals surface area contributed by atoms with E-state index in [1.165, 1.54) is 0 Å². The molecule has 0 radical (unpaired) electrons. The number of hydrogen-bond acceptors (Lipinski definition) is 1. The van der Waals surface area contributed by atoms with Crippen LogP contribution in [0, 0.1) is 0 Å². The van der Waals surface area contributed by atoms with Gasteiger partial charge in [0, 0.05) is 16.6 Å². The second kappa shape index (κ2) is 4.31. The van der Waals surface area contributed by atoms with Crippen molar-refractivity contribution in [3.8, 4) is 0 Å². The van der Waals surface area contributed by atoms with Gasteiger partial charge in [-0.3, -0.25) is 0 Å². The average Bonchev–Trinajstić information content (AvgIpc) is 2.17. The Bertz CT molecular complexity index is 315. The highest BCUT2D eigenvalue weighted by Crippen LogP contribution is 2.53. The van der Waals surface area contributed by atoms with Gasteiger partial charge in [0.2, 0.25) is 0 Å². The first kappa shape index (κ1) is 11.5. The van der Waals surface area contributed by atoms with Gasteiger partial charge in [-0.1, -0.05) is 58.0 Å². The maximum Gasteiger partial charge on any atom is 0.120 e. The molecule has 0 spiro atoms. The Morgan fingerprint density at radius 2 is 1.36 bits per heavy atom. The smallest absolute Gasteiger partial charge is 0.120 e. The molecule has 14 heavy (non-hydrogen) atoms. The van der Waals surface area contributed by atoms with Gasteiger partial charge in [-0.05, 0) is 0 Å². The lowest BCUT2D eigenvalue weighted by Gasteiger charge is -2.26. The van der Waals surface area contributed by atoms with E-state index in [0.29, 0.717) is 0 Å². The van der Waals surface area contributed by atoms with E-state index >= 15 is 0 Å². The first-order valence-corrected chi connectivity index (χ1v) is 6.99. The summed E-state index contributed by atoms with van der Waals surface area (Å²) in [4.78, 5) is 0. The van der Waals surface area contributed by atoms with Gasteiger partial charge < -0.3 is 4.57 Å². The van der Waals surface area contributed by atoms with Crippen molar-refractivity contribution in [3.63, 3.8) is 0 Å². The molecule has 1 rings (SSSR count). The summed E-state index contributed by atoms with van der Waals surface area (Å²) in [5, 5.41) is 1.02. The van der Waals surface area contributed by atoms with Crippen molar-refractivity contribution in [2.45, 2.75) is 39.0 Å². The van der Waals surface area contributed by atoms with Crippen molar-refractivity contribution in [1.29, 1.82) is 0 Å². The van der Waals surface area contributed by atoms with Crippen LogP contribution >= 0.6 is 7.14 Å². The van der Waals surface area contributed by atoms with Gasteiger partial charge in [-0.15, -0.1) is 0 Å². The van der Waals surface area contributed by atoms with E-state index in [2.05, 4.69) is 0 Å². The van der Waals surface area contributed by atoms with E-state index in [-0.39, 0.29) is 11.3 Å². The third kappa shape index (κ3) is 1.93. The molecule has 0 aromatic heterocycles. The van der Waals surface area contributed by atoms with Gasteiger partial charge in [0.05, 0.1) is 0 Å². The zero-order valence-electron chi connectivity index (χ0n) is 9.40. The van der Waals surface area contributed by atoms with Crippen molar-refractivity contribution >= 4 is 12.4 Å². The van der Waals surface area contributed by atoms with Crippen LogP contribution in [0.3, 0.4) is 0 Å². The Hall–Kier alpha value is -0.550. The highest BCUT2D eigenvalue weighted by molar-refractivity contribution is 7.72. The lowest BCUT2D eigenvalue weighted by atomic mass is 10.4. The fourth-order valence-corrected chi connectivity index (χ4v) is 4.88. The molecule has 78 valence electrons. The largest absolute Gasteiger partial charge is 0.318 e. The summed E-state index contributed by atoms with van der Waals surface area (Å²) in [5.41, 5.74) is 0.454. The van der Waals surface area contributed by atoms with Crippen LogP contribution in [-0.4, -0.2) is 11.3 Å². The molecule has 2 heteroatoms. The Kier molecular flexibility index (Phi) is 3.55. The van der Waals surface area contributed by atoms with Gasteiger partial charge in [-0.2, -0.15) is 0 Å². The lowest BCUT2D eigenvalue weighted by molar-refractivity contribution is 0.569. The molecular weight excluding hydrogens is 191 g/mol. The fraction of sp³-hybridized carbons (Fsp3) is 0.500. The van der Waals surface area contributed by atoms with Gasteiger partial charge in [0.15, 0.2) is 0 Å². The molecule has 1 aromatic rings. The van der Waals surface area contributed by atoms with Gasteiger partial charge in [-0.25, -0.2) is 0 Å². The predicted molar refractivity (Wildman–Crippen MR) is 64.0 cm³/mol. The van der Waals surface area contributed by atoms with Crippen LogP contribution in [0.2, 0.25) is 0 Å². The summed E-state index contributed by atoms with van der Waals surface area (Å²) in [6.07, 6.45) is 0. The Labute approximate surface area is 86.9 Å². The van der Waals surface area contributed by atoms with Crippen molar-refractivity contribution in [2.75, 3.05) is 0 Å². The molecule has 0 amide bonds. The minimum atomic E-state index is -2.22. The number of rotatable bonds is 3.